The van der Waals surface area contributed by atoms with Crippen LogP contribution in [0.3, 0.4) is 0 Å². The van der Waals surface area contributed by atoms with Crippen molar-refractivity contribution in [1.29, 1.82) is 0 Å². The van der Waals surface area contributed by atoms with E-state index in [0.717, 1.165) is 43.5 Å². The Bertz CT molecular complexity index is 621. The van der Waals surface area contributed by atoms with Crippen LogP contribution in [-0.2, 0) is 14.8 Å². The van der Waals surface area contributed by atoms with Gasteiger partial charge in [0.05, 0.1) is 9.82 Å². The normalized spacial score (nSPS) is 15.2. The third-order valence-electron chi connectivity index (χ3n) is 2.90. The lowest BCUT2D eigenvalue weighted by molar-refractivity contribution is -0.384. The summed E-state index contributed by atoms with van der Waals surface area (Å²) in [6.07, 6.45) is 1.14. The van der Waals surface area contributed by atoms with Crippen molar-refractivity contribution in [3.05, 3.63) is 34.4 Å². The first-order chi connectivity index (χ1) is 9.38. The number of carbonyl (C=O) groups excluding carboxylic acids is 1. The Morgan fingerprint density at radius 2 is 1.90 bits per heavy atom. The van der Waals surface area contributed by atoms with Gasteiger partial charge in [0.2, 0.25) is 0 Å². The average molecular weight is 300 g/mol. The summed E-state index contributed by atoms with van der Waals surface area (Å²) in [4.78, 5) is 21.0. The van der Waals surface area contributed by atoms with Crippen LogP contribution < -0.4 is 4.72 Å². The second-order valence-corrected chi connectivity index (χ2v) is 6.00. The van der Waals surface area contributed by atoms with Crippen LogP contribution in [0.1, 0.15) is 19.3 Å². The summed E-state index contributed by atoms with van der Waals surface area (Å²) in [5.41, 5.74) is -0.235. The minimum absolute atomic E-state index is 0.234. The molecule has 1 aromatic carbocycles. The first-order valence-corrected chi connectivity index (χ1v) is 7.35. The summed E-state index contributed by atoms with van der Waals surface area (Å²) in [6.45, 7) is 0. The predicted molar refractivity (Wildman–Crippen MR) is 67.5 cm³/mol. The first kappa shape index (κ1) is 14.3. The Kier molecular flexibility index (Phi) is 3.89. The number of sulfonamides is 1. The quantitative estimate of drug-likeness (QED) is 0.666. The van der Waals surface area contributed by atoms with Crippen LogP contribution in [0.5, 0.6) is 0 Å². The lowest BCUT2D eigenvalue weighted by atomic mass is 9.96. The number of non-ortho nitro benzene ring substituents is 1. The van der Waals surface area contributed by atoms with Crippen LogP contribution in [0.2, 0.25) is 0 Å². The van der Waals surface area contributed by atoms with Crippen LogP contribution in [0, 0.1) is 10.1 Å². The molecular formula is C11H12N2O6S. The van der Waals surface area contributed by atoms with Gasteiger partial charge in [0.25, 0.3) is 15.7 Å². The molecule has 1 fully saturated rings. The van der Waals surface area contributed by atoms with E-state index in [1.54, 1.807) is 4.72 Å². The summed E-state index contributed by atoms with van der Waals surface area (Å²) in [7, 11) is -4.08. The standard InChI is InChI=1S/C11H12N2O6S/c14-11(19-9-2-1-3-9)12-20(17,18)10-6-4-8(5-7-10)13(15)16/h4-7,9H,1-3H2,(H,12,14). The number of ether oxygens (including phenoxy) is 1. The van der Waals surface area contributed by atoms with E-state index in [9.17, 15) is 23.3 Å². The highest BCUT2D eigenvalue weighted by Gasteiger charge is 2.25. The molecule has 0 spiro atoms. The number of nitrogens with one attached hydrogen (secondary N) is 1. The molecule has 1 saturated carbocycles. The highest BCUT2D eigenvalue weighted by Crippen LogP contribution is 2.22. The van der Waals surface area contributed by atoms with E-state index in [1.807, 2.05) is 0 Å². The summed E-state index contributed by atoms with van der Waals surface area (Å²) in [5, 5.41) is 10.5. The molecule has 1 aliphatic carbocycles. The average Bonchev–Trinajstić information content (AvgIpc) is 2.33. The zero-order chi connectivity index (χ0) is 14.8. The highest BCUT2D eigenvalue weighted by atomic mass is 32.2. The van der Waals surface area contributed by atoms with Crippen molar-refractivity contribution in [3.63, 3.8) is 0 Å². The molecule has 9 heteroatoms. The van der Waals surface area contributed by atoms with Crippen molar-refractivity contribution in [2.45, 2.75) is 30.3 Å². The van der Waals surface area contributed by atoms with Crippen LogP contribution in [0.25, 0.3) is 0 Å². The molecule has 8 nitrogen and oxygen atoms in total. The summed E-state index contributed by atoms with van der Waals surface area (Å²) in [5.74, 6) is 0. The fourth-order valence-corrected chi connectivity index (χ4v) is 2.46. The lowest BCUT2D eigenvalue weighted by Gasteiger charge is -2.24. The Morgan fingerprint density at radius 3 is 2.35 bits per heavy atom. The first-order valence-electron chi connectivity index (χ1n) is 5.86. The zero-order valence-corrected chi connectivity index (χ0v) is 11.1. The van der Waals surface area contributed by atoms with Gasteiger partial charge in [-0.15, -0.1) is 0 Å². The van der Waals surface area contributed by atoms with E-state index in [0.29, 0.717) is 0 Å². The van der Waals surface area contributed by atoms with Crippen molar-refractivity contribution < 1.29 is 22.9 Å². The van der Waals surface area contributed by atoms with Gasteiger partial charge in [-0.2, -0.15) is 0 Å². The van der Waals surface area contributed by atoms with E-state index in [2.05, 4.69) is 0 Å². The maximum atomic E-state index is 11.8. The van der Waals surface area contributed by atoms with E-state index in [-0.39, 0.29) is 16.7 Å². The van der Waals surface area contributed by atoms with E-state index in [4.69, 9.17) is 4.74 Å². The van der Waals surface area contributed by atoms with Gasteiger partial charge in [0.1, 0.15) is 6.10 Å². The number of amides is 1. The number of hydrogen-bond donors (Lipinski definition) is 1. The molecule has 0 heterocycles. The SMILES string of the molecule is O=C(NS(=O)(=O)c1ccc([N+](=O)[O-])cc1)OC1CCC1. The van der Waals surface area contributed by atoms with Gasteiger partial charge in [0.15, 0.2) is 0 Å². The minimum atomic E-state index is -4.08. The van der Waals surface area contributed by atoms with Crippen molar-refractivity contribution in [3.8, 4) is 0 Å². The Hall–Kier alpha value is -2.16. The zero-order valence-electron chi connectivity index (χ0n) is 10.3. The molecule has 1 aliphatic rings. The molecular weight excluding hydrogens is 288 g/mol. The summed E-state index contributed by atoms with van der Waals surface area (Å²) < 4.78 is 30.3. The van der Waals surface area contributed by atoms with Crippen LogP contribution in [0.4, 0.5) is 10.5 Å². The molecule has 0 aromatic heterocycles. The fraction of sp³-hybridized carbons (Fsp3) is 0.364. The predicted octanol–water partition coefficient (Wildman–Crippen LogP) is 1.56. The van der Waals surface area contributed by atoms with Crippen molar-refractivity contribution in [2.24, 2.45) is 0 Å². The van der Waals surface area contributed by atoms with Gasteiger partial charge in [-0.05, 0) is 31.4 Å². The second kappa shape index (κ2) is 5.45. The van der Waals surface area contributed by atoms with E-state index < -0.39 is 21.0 Å². The monoisotopic (exact) mass is 300 g/mol. The molecule has 20 heavy (non-hydrogen) atoms. The molecule has 0 saturated heterocycles. The van der Waals surface area contributed by atoms with Crippen LogP contribution in [-0.4, -0.2) is 25.5 Å². The number of carbonyl (C=O) groups is 1. The third-order valence-corrected chi connectivity index (χ3v) is 4.23. The second-order valence-electron chi connectivity index (χ2n) is 4.31. The number of benzene rings is 1. The topological polar surface area (TPSA) is 116 Å². The smallest absolute Gasteiger partial charge is 0.421 e. The Balaban J connectivity index is 2.05. The van der Waals surface area contributed by atoms with E-state index >= 15 is 0 Å². The largest absolute Gasteiger partial charge is 0.446 e. The molecule has 1 amide bonds. The van der Waals surface area contributed by atoms with Gasteiger partial charge >= 0.3 is 6.09 Å². The molecule has 108 valence electrons. The number of nitro groups is 1. The van der Waals surface area contributed by atoms with Crippen molar-refractivity contribution in [1.82, 2.24) is 4.72 Å². The third kappa shape index (κ3) is 3.23. The molecule has 1 N–H and O–H groups in total. The van der Waals surface area contributed by atoms with E-state index in [1.165, 1.54) is 0 Å². The van der Waals surface area contributed by atoms with Crippen LogP contribution in [0.15, 0.2) is 29.2 Å². The molecule has 0 unspecified atom stereocenters. The summed E-state index contributed by atoms with van der Waals surface area (Å²) in [6, 6.07) is 4.20. The number of hydrogen-bond acceptors (Lipinski definition) is 6. The molecule has 0 aliphatic heterocycles. The minimum Gasteiger partial charge on any atom is -0.446 e. The highest BCUT2D eigenvalue weighted by molar-refractivity contribution is 7.90. The van der Waals surface area contributed by atoms with Gasteiger partial charge in [-0.3, -0.25) is 10.1 Å². The number of nitro benzene ring substituents is 1. The van der Waals surface area contributed by atoms with Gasteiger partial charge in [0, 0.05) is 12.1 Å². The Morgan fingerprint density at radius 1 is 1.30 bits per heavy atom. The van der Waals surface area contributed by atoms with Crippen molar-refractivity contribution in [2.75, 3.05) is 0 Å². The molecule has 0 atom stereocenters. The molecule has 0 radical (unpaired) electrons. The molecule has 1 aromatic rings. The summed E-state index contributed by atoms with van der Waals surface area (Å²) >= 11 is 0. The van der Waals surface area contributed by atoms with Gasteiger partial charge in [-0.1, -0.05) is 0 Å². The maximum Gasteiger partial charge on any atom is 0.421 e. The molecule has 0 bridgehead atoms. The number of rotatable bonds is 4. The maximum absolute atomic E-state index is 11.8. The molecule has 2 rings (SSSR count). The van der Waals surface area contributed by atoms with Crippen molar-refractivity contribution >= 4 is 21.8 Å². The van der Waals surface area contributed by atoms with Crippen LogP contribution >= 0.6 is 0 Å². The van der Waals surface area contributed by atoms with Gasteiger partial charge < -0.3 is 4.74 Å². The fourth-order valence-electron chi connectivity index (χ4n) is 1.58. The Labute approximate surface area is 114 Å². The number of nitrogens with zero attached hydrogens (tertiary/aromatic N) is 1. The lowest BCUT2D eigenvalue weighted by Crippen LogP contribution is -2.35. The van der Waals surface area contributed by atoms with Gasteiger partial charge in [-0.25, -0.2) is 17.9 Å².